The van der Waals surface area contributed by atoms with E-state index < -0.39 is 178 Å². The minimum Gasteiger partial charge on any atom is -0.463 e. The van der Waals surface area contributed by atoms with Crippen molar-refractivity contribution in [2.24, 2.45) is 0 Å². The number of carbonyl (C=O) groups is 11. The van der Waals surface area contributed by atoms with Crippen LogP contribution in [0.3, 0.4) is 0 Å². The molecule has 31 nitrogen and oxygen atoms in total. The van der Waals surface area contributed by atoms with E-state index in [1.54, 1.807) is 0 Å². The summed E-state index contributed by atoms with van der Waals surface area (Å²) in [6.45, 7) is 9.27. The summed E-state index contributed by atoms with van der Waals surface area (Å²) in [6.07, 6.45) is -22.2. The summed E-state index contributed by atoms with van der Waals surface area (Å²) in [7, 11) is 0. The Hall–Kier alpha value is -6.93. The van der Waals surface area contributed by atoms with Gasteiger partial charge in [0, 0.05) is 88.8 Å². The van der Waals surface area contributed by atoms with Crippen LogP contribution in [-0.2, 0) is 146 Å². The lowest BCUT2D eigenvalue weighted by atomic mass is 9.96. The quantitative estimate of drug-likeness (QED) is 0.0844. The summed E-state index contributed by atoms with van der Waals surface area (Å²) in [4.78, 5) is 135. The van der Waals surface area contributed by atoms with Gasteiger partial charge in [-0.2, -0.15) is 0 Å². The smallest absolute Gasteiger partial charge is 0.303 e. The number of hydrogen-bond donors (Lipinski definition) is 0. The Morgan fingerprint density at radius 3 is 1.09 bits per heavy atom. The van der Waals surface area contributed by atoms with E-state index in [-0.39, 0.29) is 26.2 Å². The molecule has 3 fully saturated rings. The Labute approximate surface area is 439 Å². The minimum atomic E-state index is -1.89. The molecule has 0 aromatic carbocycles. The van der Waals surface area contributed by atoms with Gasteiger partial charge < -0.3 is 80.5 Å². The van der Waals surface area contributed by atoms with Gasteiger partial charge in [-0.05, 0) is 0 Å². The fourth-order valence-electron chi connectivity index (χ4n) is 8.03. The third-order valence-corrected chi connectivity index (χ3v) is 10.7. The van der Waals surface area contributed by atoms with Crippen molar-refractivity contribution in [3.05, 3.63) is 11.9 Å². The summed E-state index contributed by atoms with van der Waals surface area (Å²) in [5.74, 6) is -9.50. The molecule has 430 valence electrons. The van der Waals surface area contributed by atoms with Crippen LogP contribution >= 0.6 is 0 Å². The summed E-state index contributed by atoms with van der Waals surface area (Å²) in [5, 5.41) is 8.21. The number of aromatic nitrogens is 3. The number of ether oxygens (including phenoxy) is 17. The predicted octanol–water partition coefficient (Wildman–Crippen LogP) is -1.44. The standard InChI is InChI=1S/C46H63N3O28/c1-20(50)63-17-32-35(66-23(4)53)38(68-25(6)55)41(71-28(9)58)44(74-32)61-14-12-31-16-49(48-47-31)13-15-62-45-42(72-29(10)59)40(70-27(8)57)37(34(75-45)19-65-22(3)52)77-46-43(73-30(11)60)39(69-26(7)56)36(67-24(5)54)33(76-46)18-64-21(2)51/h16,32-46H,12-15,17-19H2,1-11H3/t32-,33-,34-,35-,36-,37-,38+,39+,40+,41-,42-,43-,44-,45-,46+/m1/s1. The molecule has 3 aliphatic heterocycles. The van der Waals surface area contributed by atoms with Gasteiger partial charge in [-0.15, -0.1) is 5.10 Å². The van der Waals surface area contributed by atoms with Gasteiger partial charge in [0.2, 0.25) is 0 Å². The third-order valence-electron chi connectivity index (χ3n) is 10.7. The molecule has 0 saturated carbocycles. The van der Waals surface area contributed by atoms with E-state index in [4.69, 9.17) is 80.5 Å². The van der Waals surface area contributed by atoms with E-state index in [9.17, 15) is 52.7 Å². The first-order valence-corrected chi connectivity index (χ1v) is 23.7. The Morgan fingerprint density at radius 1 is 0.403 bits per heavy atom. The van der Waals surface area contributed by atoms with E-state index in [1.807, 2.05) is 0 Å². The van der Waals surface area contributed by atoms with E-state index >= 15 is 0 Å². The van der Waals surface area contributed by atoms with Crippen molar-refractivity contribution >= 4 is 65.7 Å². The van der Waals surface area contributed by atoms with Crippen LogP contribution < -0.4 is 0 Å². The van der Waals surface area contributed by atoms with E-state index in [0.717, 1.165) is 76.2 Å². The van der Waals surface area contributed by atoms with Crippen LogP contribution in [-0.4, -0.2) is 206 Å². The summed E-state index contributed by atoms with van der Waals surface area (Å²) >= 11 is 0. The highest BCUT2D eigenvalue weighted by atomic mass is 16.8. The first-order chi connectivity index (χ1) is 36.2. The molecule has 15 atom stereocenters. The first-order valence-electron chi connectivity index (χ1n) is 23.7. The highest BCUT2D eigenvalue weighted by molar-refractivity contribution is 5.70. The molecule has 3 saturated heterocycles. The fourth-order valence-corrected chi connectivity index (χ4v) is 8.03. The molecule has 4 rings (SSSR count). The summed E-state index contributed by atoms with van der Waals surface area (Å²) in [5.41, 5.74) is 0.334. The molecule has 31 heteroatoms. The highest BCUT2D eigenvalue weighted by Gasteiger charge is 2.58. The molecule has 0 radical (unpaired) electrons. The first kappa shape index (κ1) is 62.6. The zero-order valence-corrected chi connectivity index (χ0v) is 44.0. The Kier molecular flexibility index (Phi) is 24.0. The van der Waals surface area contributed by atoms with Crippen molar-refractivity contribution < 1.29 is 133 Å². The van der Waals surface area contributed by atoms with Crippen LogP contribution in [0.15, 0.2) is 6.20 Å². The summed E-state index contributed by atoms with van der Waals surface area (Å²) in [6, 6.07) is 0. The zero-order valence-electron chi connectivity index (χ0n) is 44.0. The number of esters is 11. The topological polar surface area (TPSA) is 375 Å². The Balaban J connectivity index is 1.59. The van der Waals surface area contributed by atoms with Gasteiger partial charge in [0.15, 0.2) is 67.7 Å². The normalized spacial score (nSPS) is 28.7. The van der Waals surface area contributed by atoms with Crippen molar-refractivity contribution in [3.8, 4) is 0 Å². The molecule has 0 unspecified atom stereocenters. The van der Waals surface area contributed by atoms with Crippen molar-refractivity contribution in [1.29, 1.82) is 0 Å². The van der Waals surface area contributed by atoms with Crippen molar-refractivity contribution in [1.82, 2.24) is 15.0 Å². The van der Waals surface area contributed by atoms with Crippen molar-refractivity contribution in [2.45, 2.75) is 181 Å². The molecule has 0 N–H and O–H groups in total. The average molecular weight is 1110 g/mol. The highest BCUT2D eigenvalue weighted by Crippen LogP contribution is 2.36. The summed E-state index contributed by atoms with van der Waals surface area (Å²) < 4.78 is 97.5. The molecular weight excluding hydrogens is 1040 g/mol. The van der Waals surface area contributed by atoms with Crippen LogP contribution in [0.25, 0.3) is 0 Å². The van der Waals surface area contributed by atoms with Gasteiger partial charge in [0.05, 0.1) is 25.5 Å². The molecule has 3 aliphatic rings. The molecule has 77 heavy (non-hydrogen) atoms. The predicted molar refractivity (Wildman–Crippen MR) is 241 cm³/mol. The fraction of sp³-hybridized carbons (Fsp3) is 0.717. The Morgan fingerprint density at radius 2 is 0.714 bits per heavy atom. The molecular formula is C46H63N3O28. The SMILES string of the molecule is CC(=O)OC[C@H]1O[C@@H](OCCc2cn(CCO[C@@H]3O[C@H](COC(C)=O)[C@@H](O[C@@H]4O[C@H](COC(C)=O)[C@@H](OC(C)=O)[C@H](OC(C)=O)[C@H]4OC(C)=O)[C@H](OC(C)=O)[C@H]3OC(C)=O)nn2)[C@H](OC(C)=O)[C@@H](OC(C)=O)[C@@H]1OC(C)=O. The zero-order chi connectivity index (χ0) is 57.3. The van der Waals surface area contributed by atoms with E-state index in [0.29, 0.717) is 5.69 Å². The maximum Gasteiger partial charge on any atom is 0.303 e. The van der Waals surface area contributed by atoms with E-state index in [1.165, 1.54) is 10.9 Å². The van der Waals surface area contributed by atoms with Gasteiger partial charge in [0.1, 0.15) is 44.2 Å². The minimum absolute atomic E-state index is 0.0385. The molecule has 0 bridgehead atoms. The number of hydrogen-bond acceptors (Lipinski definition) is 30. The van der Waals surface area contributed by atoms with Gasteiger partial charge in [0.25, 0.3) is 0 Å². The second-order valence-electron chi connectivity index (χ2n) is 17.2. The average Bonchev–Trinajstić information content (AvgIpc) is 3.76. The largest absolute Gasteiger partial charge is 0.463 e. The van der Waals surface area contributed by atoms with Gasteiger partial charge in [-0.1, -0.05) is 5.21 Å². The van der Waals surface area contributed by atoms with Crippen LogP contribution in [0.2, 0.25) is 0 Å². The van der Waals surface area contributed by atoms with Crippen molar-refractivity contribution in [3.63, 3.8) is 0 Å². The molecule has 1 aromatic rings. The molecule has 1 aromatic heterocycles. The number of nitrogens with zero attached hydrogens (tertiary/aromatic N) is 3. The van der Waals surface area contributed by atoms with Gasteiger partial charge in [-0.25, -0.2) is 4.68 Å². The van der Waals surface area contributed by atoms with Gasteiger partial charge in [-0.3, -0.25) is 52.7 Å². The maximum atomic E-state index is 12.8. The van der Waals surface area contributed by atoms with E-state index in [2.05, 4.69) is 10.3 Å². The molecule has 0 spiro atoms. The number of carbonyl (C=O) groups excluding carboxylic acids is 11. The molecule has 0 amide bonds. The lowest BCUT2D eigenvalue weighted by Crippen LogP contribution is -2.67. The van der Waals surface area contributed by atoms with Crippen LogP contribution in [0.5, 0.6) is 0 Å². The molecule has 0 aliphatic carbocycles. The van der Waals surface area contributed by atoms with Crippen molar-refractivity contribution in [2.75, 3.05) is 33.0 Å². The van der Waals surface area contributed by atoms with Gasteiger partial charge >= 0.3 is 65.7 Å². The second kappa shape index (κ2) is 29.5. The lowest BCUT2D eigenvalue weighted by molar-refractivity contribution is -0.361. The lowest BCUT2D eigenvalue weighted by Gasteiger charge is -2.48. The van der Waals surface area contributed by atoms with Crippen LogP contribution in [0, 0.1) is 0 Å². The second-order valence-corrected chi connectivity index (χ2v) is 17.2. The van der Waals surface area contributed by atoms with Crippen LogP contribution in [0.4, 0.5) is 0 Å². The van der Waals surface area contributed by atoms with Crippen LogP contribution in [0.1, 0.15) is 81.9 Å². The number of rotatable bonds is 24. The monoisotopic (exact) mass is 1110 g/mol. The maximum absolute atomic E-state index is 12.8. The third kappa shape index (κ3) is 19.9. The molecule has 4 heterocycles. The Bertz CT molecular complexity index is 2270.